The first kappa shape index (κ1) is 11.6. The lowest BCUT2D eigenvalue weighted by molar-refractivity contribution is -0.0155. The second-order valence-corrected chi connectivity index (χ2v) is 4.70. The molecule has 16 heavy (non-hydrogen) atoms. The number of halogens is 1. The fraction of sp³-hybridized carbons (Fsp3) is 0.500. The molecule has 1 saturated heterocycles. The van der Waals surface area contributed by atoms with Crippen molar-refractivity contribution in [2.45, 2.75) is 11.8 Å². The van der Waals surface area contributed by atoms with E-state index in [-0.39, 0.29) is 0 Å². The van der Waals surface area contributed by atoms with Gasteiger partial charge < -0.3 is 14.2 Å². The molecule has 88 valence electrons. The van der Waals surface area contributed by atoms with Crippen molar-refractivity contribution >= 4 is 11.6 Å². The Morgan fingerprint density at radius 1 is 1.19 bits per heavy atom. The van der Waals surface area contributed by atoms with Gasteiger partial charge in [0, 0.05) is 0 Å². The van der Waals surface area contributed by atoms with E-state index < -0.39 is 4.87 Å². The smallest absolute Gasteiger partial charge is 0.161 e. The lowest BCUT2D eigenvalue weighted by Crippen LogP contribution is -2.42. The normalized spacial score (nSPS) is 17.8. The maximum atomic E-state index is 6.44. The van der Waals surface area contributed by atoms with Crippen molar-refractivity contribution in [2.24, 2.45) is 0 Å². The largest absolute Gasteiger partial charge is 0.493 e. The summed E-state index contributed by atoms with van der Waals surface area (Å²) in [7, 11) is 3.25. The summed E-state index contributed by atoms with van der Waals surface area (Å²) in [5.41, 5.74) is 2.15. The molecule has 1 fully saturated rings. The number of hydrogen-bond donors (Lipinski definition) is 0. The predicted molar refractivity (Wildman–Crippen MR) is 62.6 cm³/mol. The number of hydrogen-bond acceptors (Lipinski definition) is 3. The number of benzene rings is 1. The van der Waals surface area contributed by atoms with Gasteiger partial charge in [-0.1, -0.05) is 0 Å². The highest BCUT2D eigenvalue weighted by molar-refractivity contribution is 6.25. The minimum atomic E-state index is -0.399. The molecule has 3 nitrogen and oxygen atoms in total. The maximum absolute atomic E-state index is 6.44. The Labute approximate surface area is 100 Å². The van der Waals surface area contributed by atoms with E-state index in [0.29, 0.717) is 19.0 Å². The van der Waals surface area contributed by atoms with Crippen molar-refractivity contribution in [3.63, 3.8) is 0 Å². The molecule has 0 amide bonds. The summed E-state index contributed by atoms with van der Waals surface area (Å²) < 4.78 is 15.7. The highest BCUT2D eigenvalue weighted by atomic mass is 35.5. The number of methoxy groups -OCH3 is 2. The van der Waals surface area contributed by atoms with Crippen LogP contribution in [0.2, 0.25) is 0 Å². The average Bonchev–Trinajstić information content (AvgIpc) is 2.25. The van der Waals surface area contributed by atoms with Crippen LogP contribution in [0.15, 0.2) is 12.1 Å². The van der Waals surface area contributed by atoms with Gasteiger partial charge in [0.15, 0.2) is 11.5 Å². The molecular formula is C12H15ClO3. The van der Waals surface area contributed by atoms with E-state index in [2.05, 4.69) is 0 Å². The molecule has 0 N–H and O–H groups in total. The lowest BCUT2D eigenvalue weighted by Gasteiger charge is -2.37. The van der Waals surface area contributed by atoms with Crippen LogP contribution in [0.1, 0.15) is 11.1 Å². The first-order chi connectivity index (χ1) is 7.60. The van der Waals surface area contributed by atoms with Crippen LogP contribution >= 0.6 is 11.6 Å². The van der Waals surface area contributed by atoms with Gasteiger partial charge in [-0.15, -0.1) is 11.6 Å². The molecule has 0 spiro atoms. The van der Waals surface area contributed by atoms with Crippen LogP contribution in [0.3, 0.4) is 0 Å². The van der Waals surface area contributed by atoms with Crippen LogP contribution in [-0.2, 0) is 9.61 Å². The van der Waals surface area contributed by atoms with Gasteiger partial charge in [0.05, 0.1) is 27.4 Å². The molecule has 4 heteroatoms. The lowest BCUT2D eigenvalue weighted by atomic mass is 9.92. The van der Waals surface area contributed by atoms with Crippen LogP contribution in [0.25, 0.3) is 0 Å². The van der Waals surface area contributed by atoms with Gasteiger partial charge in [-0.3, -0.25) is 0 Å². The number of aryl methyl sites for hydroxylation is 1. The van der Waals surface area contributed by atoms with Crippen LogP contribution < -0.4 is 9.47 Å². The van der Waals surface area contributed by atoms with Crippen LogP contribution in [0.5, 0.6) is 11.5 Å². The third-order valence-electron chi connectivity index (χ3n) is 2.87. The van der Waals surface area contributed by atoms with Gasteiger partial charge in [0.1, 0.15) is 4.87 Å². The minimum Gasteiger partial charge on any atom is -0.493 e. The summed E-state index contributed by atoms with van der Waals surface area (Å²) in [6.45, 7) is 3.11. The Balaban J connectivity index is 2.46. The van der Waals surface area contributed by atoms with Crippen molar-refractivity contribution in [1.29, 1.82) is 0 Å². The third-order valence-corrected chi connectivity index (χ3v) is 3.30. The first-order valence-electron chi connectivity index (χ1n) is 5.10. The molecule has 0 bridgehead atoms. The molecule has 0 saturated carbocycles. The van der Waals surface area contributed by atoms with E-state index in [9.17, 15) is 0 Å². The van der Waals surface area contributed by atoms with Gasteiger partial charge in [0.25, 0.3) is 0 Å². The van der Waals surface area contributed by atoms with E-state index >= 15 is 0 Å². The minimum absolute atomic E-state index is 0.399. The highest BCUT2D eigenvalue weighted by Crippen LogP contribution is 2.42. The van der Waals surface area contributed by atoms with Crippen molar-refractivity contribution in [3.05, 3.63) is 23.3 Å². The zero-order chi connectivity index (χ0) is 11.8. The van der Waals surface area contributed by atoms with Gasteiger partial charge in [-0.25, -0.2) is 0 Å². The van der Waals surface area contributed by atoms with E-state index in [4.69, 9.17) is 25.8 Å². The van der Waals surface area contributed by atoms with Crippen molar-refractivity contribution in [3.8, 4) is 11.5 Å². The van der Waals surface area contributed by atoms with Crippen LogP contribution in [-0.4, -0.2) is 27.4 Å². The fourth-order valence-corrected chi connectivity index (χ4v) is 2.26. The Kier molecular flexibility index (Phi) is 3.00. The molecule has 0 aliphatic carbocycles. The standard InChI is InChI=1S/C12H15ClO3/c1-8-4-10(14-2)11(15-3)5-9(8)12(13)6-16-7-12/h4-5H,6-7H2,1-3H3. The summed E-state index contributed by atoms with van der Waals surface area (Å²) in [6, 6.07) is 3.88. The third kappa shape index (κ3) is 1.74. The van der Waals surface area contributed by atoms with Gasteiger partial charge >= 0.3 is 0 Å². The zero-order valence-corrected chi connectivity index (χ0v) is 10.4. The van der Waals surface area contributed by atoms with Crippen molar-refractivity contribution < 1.29 is 14.2 Å². The predicted octanol–water partition coefficient (Wildman–Crippen LogP) is 2.48. The molecule has 2 rings (SSSR count). The molecule has 0 atom stereocenters. The topological polar surface area (TPSA) is 27.7 Å². The van der Waals surface area contributed by atoms with E-state index in [1.807, 2.05) is 19.1 Å². The summed E-state index contributed by atoms with van der Waals surface area (Å²) in [5, 5.41) is 0. The summed E-state index contributed by atoms with van der Waals surface area (Å²) in [6.07, 6.45) is 0. The number of alkyl halides is 1. The number of ether oxygens (including phenoxy) is 3. The Morgan fingerprint density at radius 2 is 1.75 bits per heavy atom. The first-order valence-corrected chi connectivity index (χ1v) is 5.48. The van der Waals surface area contributed by atoms with E-state index in [0.717, 1.165) is 16.9 Å². The molecule has 1 aliphatic rings. The average molecular weight is 243 g/mol. The highest BCUT2D eigenvalue weighted by Gasteiger charge is 2.39. The van der Waals surface area contributed by atoms with E-state index in [1.54, 1.807) is 14.2 Å². The monoisotopic (exact) mass is 242 g/mol. The molecule has 0 unspecified atom stereocenters. The quantitative estimate of drug-likeness (QED) is 0.763. The Hall–Kier alpha value is -0.930. The Bertz CT molecular complexity index is 399. The number of rotatable bonds is 3. The molecule has 1 heterocycles. The summed E-state index contributed by atoms with van der Waals surface area (Å²) in [5.74, 6) is 1.43. The molecule has 1 aromatic rings. The molecule has 1 aliphatic heterocycles. The van der Waals surface area contributed by atoms with Crippen LogP contribution in [0.4, 0.5) is 0 Å². The van der Waals surface area contributed by atoms with Gasteiger partial charge in [-0.2, -0.15) is 0 Å². The molecule has 0 aromatic heterocycles. The van der Waals surface area contributed by atoms with Crippen molar-refractivity contribution in [2.75, 3.05) is 27.4 Å². The second kappa shape index (κ2) is 4.15. The van der Waals surface area contributed by atoms with Crippen molar-refractivity contribution in [1.82, 2.24) is 0 Å². The van der Waals surface area contributed by atoms with E-state index in [1.165, 1.54) is 0 Å². The second-order valence-electron chi connectivity index (χ2n) is 3.98. The molecule has 1 aromatic carbocycles. The van der Waals surface area contributed by atoms with Gasteiger partial charge in [0.2, 0.25) is 0 Å². The van der Waals surface area contributed by atoms with Gasteiger partial charge in [-0.05, 0) is 30.2 Å². The summed E-state index contributed by atoms with van der Waals surface area (Å²) >= 11 is 6.44. The zero-order valence-electron chi connectivity index (χ0n) is 9.67. The fourth-order valence-electron chi connectivity index (χ4n) is 1.90. The van der Waals surface area contributed by atoms with Crippen LogP contribution in [0, 0.1) is 6.92 Å². The molecule has 0 radical (unpaired) electrons. The summed E-state index contributed by atoms with van der Waals surface area (Å²) in [4.78, 5) is -0.399. The Morgan fingerprint density at radius 3 is 2.19 bits per heavy atom. The maximum Gasteiger partial charge on any atom is 0.161 e. The SMILES string of the molecule is COc1cc(C)c(C2(Cl)COC2)cc1OC. The molecular weight excluding hydrogens is 228 g/mol.